The first kappa shape index (κ1) is 16.8. The number of Topliss-reactive ketones (excluding diaryl/α,β-unsaturated/α-hetero) is 1. The van der Waals surface area contributed by atoms with E-state index < -0.39 is 0 Å². The molecule has 0 radical (unpaired) electrons. The largest absolute Gasteiger partial charge is 0.497 e. The maximum atomic E-state index is 12.7. The van der Waals surface area contributed by atoms with Crippen LogP contribution < -0.4 is 9.64 Å². The third-order valence-electron chi connectivity index (χ3n) is 4.45. The van der Waals surface area contributed by atoms with Gasteiger partial charge in [-0.05, 0) is 36.4 Å². The molecule has 1 aliphatic rings. The molecule has 2 heterocycles. The van der Waals surface area contributed by atoms with E-state index in [1.165, 1.54) is 12.3 Å². The molecule has 1 aromatic heterocycles. The zero-order chi connectivity index (χ0) is 18.8. The van der Waals surface area contributed by atoms with Gasteiger partial charge in [-0.25, -0.2) is 0 Å². The summed E-state index contributed by atoms with van der Waals surface area (Å²) >= 11 is 0. The number of rotatable bonds is 5. The zero-order valence-corrected chi connectivity index (χ0v) is 14.6. The van der Waals surface area contributed by atoms with Gasteiger partial charge in [0.1, 0.15) is 17.7 Å². The molecule has 3 aromatic rings. The van der Waals surface area contributed by atoms with E-state index in [4.69, 9.17) is 9.26 Å². The van der Waals surface area contributed by atoms with E-state index in [1.807, 2.05) is 24.3 Å². The summed E-state index contributed by atoms with van der Waals surface area (Å²) in [5.74, 6) is 0.311. The zero-order valence-electron chi connectivity index (χ0n) is 14.6. The quantitative estimate of drug-likeness (QED) is 0.651. The second-order valence-electron chi connectivity index (χ2n) is 6.08. The fourth-order valence-corrected chi connectivity index (χ4v) is 2.98. The molecule has 4 rings (SSSR count). The van der Waals surface area contributed by atoms with Crippen LogP contribution in [0.1, 0.15) is 10.4 Å². The third kappa shape index (κ3) is 3.25. The number of carbonyl (C=O) groups excluding carboxylic acids is 2. The van der Waals surface area contributed by atoms with Gasteiger partial charge in [0.25, 0.3) is 5.91 Å². The van der Waals surface area contributed by atoms with Crippen LogP contribution in [0.5, 0.6) is 5.75 Å². The number of carbonyl (C=O) groups is 2. The molecule has 0 unspecified atom stereocenters. The van der Waals surface area contributed by atoms with Crippen LogP contribution in [0.2, 0.25) is 0 Å². The van der Waals surface area contributed by atoms with Crippen molar-refractivity contribution in [2.45, 2.75) is 0 Å². The Balaban J connectivity index is 1.51. The van der Waals surface area contributed by atoms with Gasteiger partial charge < -0.3 is 14.2 Å². The first-order valence-electron chi connectivity index (χ1n) is 8.37. The van der Waals surface area contributed by atoms with Crippen LogP contribution in [0.25, 0.3) is 11.3 Å². The molecule has 0 fully saturated rings. The number of methoxy groups -OCH3 is 1. The monoisotopic (exact) mass is 360 g/mol. The van der Waals surface area contributed by atoms with Crippen LogP contribution in [0.3, 0.4) is 0 Å². The van der Waals surface area contributed by atoms with E-state index in [9.17, 15) is 9.59 Å². The maximum absolute atomic E-state index is 12.7. The molecule has 27 heavy (non-hydrogen) atoms. The fourth-order valence-electron chi connectivity index (χ4n) is 2.98. The molecule has 0 N–H and O–H groups in total. The van der Waals surface area contributed by atoms with E-state index in [-0.39, 0.29) is 18.2 Å². The van der Waals surface area contributed by atoms with Gasteiger partial charge in [-0.15, -0.1) is 0 Å². The summed E-state index contributed by atoms with van der Waals surface area (Å²) in [5.41, 5.74) is 3.33. The first-order valence-corrected chi connectivity index (χ1v) is 8.37. The second kappa shape index (κ2) is 6.92. The lowest BCUT2D eigenvalue weighted by molar-refractivity contribution is -0.113. The second-order valence-corrected chi connectivity index (χ2v) is 6.08. The summed E-state index contributed by atoms with van der Waals surface area (Å²) in [5, 5.41) is 3.89. The summed E-state index contributed by atoms with van der Waals surface area (Å²) in [6.07, 6.45) is 2.91. The van der Waals surface area contributed by atoms with Crippen LogP contribution in [-0.4, -0.2) is 30.5 Å². The molecule has 0 spiro atoms. The molecule has 0 saturated carbocycles. The predicted octanol–water partition coefficient (Wildman–Crippen LogP) is 3.51. The molecule has 134 valence electrons. The third-order valence-corrected chi connectivity index (χ3v) is 4.45. The predicted molar refractivity (Wildman–Crippen MR) is 99.7 cm³/mol. The Morgan fingerprint density at radius 3 is 2.44 bits per heavy atom. The fraction of sp³-hybridized carbons (Fsp3) is 0.0952. The molecule has 0 saturated heterocycles. The summed E-state index contributed by atoms with van der Waals surface area (Å²) in [4.78, 5) is 26.6. The van der Waals surface area contributed by atoms with E-state index in [0.29, 0.717) is 16.9 Å². The number of hydrogen-bond acceptors (Lipinski definition) is 5. The van der Waals surface area contributed by atoms with Gasteiger partial charge in [-0.1, -0.05) is 17.3 Å². The molecular weight excluding hydrogens is 344 g/mol. The summed E-state index contributed by atoms with van der Waals surface area (Å²) in [6.45, 7) is 0.243. The van der Waals surface area contributed by atoms with E-state index in [2.05, 4.69) is 5.16 Å². The average Bonchev–Trinajstić information content (AvgIpc) is 3.38. The Bertz CT molecular complexity index is 1000. The van der Waals surface area contributed by atoms with Gasteiger partial charge in [0.15, 0.2) is 5.78 Å². The number of anilines is 1. The van der Waals surface area contributed by atoms with Gasteiger partial charge in [-0.2, -0.15) is 0 Å². The lowest BCUT2D eigenvalue weighted by Gasteiger charge is -2.17. The Morgan fingerprint density at radius 2 is 1.81 bits per heavy atom. The van der Waals surface area contributed by atoms with Crippen molar-refractivity contribution in [1.82, 2.24) is 5.16 Å². The molecular formula is C21H16N2O4. The lowest BCUT2D eigenvalue weighted by Crippen LogP contribution is -2.26. The highest BCUT2D eigenvalue weighted by Gasteiger charge is 2.27. The molecule has 6 heteroatoms. The minimum Gasteiger partial charge on any atom is -0.497 e. The van der Waals surface area contributed by atoms with Gasteiger partial charge in [0, 0.05) is 34.5 Å². The molecule has 1 aliphatic heterocycles. The van der Waals surface area contributed by atoms with Crippen LogP contribution in [0, 0.1) is 0 Å². The lowest BCUT2D eigenvalue weighted by atomic mass is 10.0. The number of nitrogens with zero attached hydrogens (tertiary/aromatic N) is 2. The van der Waals surface area contributed by atoms with Crippen molar-refractivity contribution in [3.05, 3.63) is 78.1 Å². The number of benzene rings is 2. The van der Waals surface area contributed by atoms with Crippen molar-refractivity contribution in [3.8, 4) is 17.0 Å². The Hall–Kier alpha value is -3.67. The van der Waals surface area contributed by atoms with E-state index in [0.717, 1.165) is 16.9 Å². The Labute approximate surface area is 155 Å². The van der Waals surface area contributed by atoms with Crippen molar-refractivity contribution in [3.63, 3.8) is 0 Å². The summed E-state index contributed by atoms with van der Waals surface area (Å²) < 4.78 is 9.95. The van der Waals surface area contributed by atoms with E-state index in [1.54, 1.807) is 42.3 Å². The highest BCUT2D eigenvalue weighted by atomic mass is 16.5. The molecule has 0 aliphatic carbocycles. The van der Waals surface area contributed by atoms with Crippen LogP contribution >= 0.6 is 0 Å². The van der Waals surface area contributed by atoms with Crippen LogP contribution in [-0.2, 0) is 4.79 Å². The highest BCUT2D eigenvalue weighted by Crippen LogP contribution is 2.26. The minimum absolute atomic E-state index is 0.160. The van der Waals surface area contributed by atoms with Crippen molar-refractivity contribution < 1.29 is 18.8 Å². The van der Waals surface area contributed by atoms with Crippen molar-refractivity contribution in [2.75, 3.05) is 18.6 Å². The number of hydrogen-bond donors (Lipinski definition) is 0. The standard InChI is InChI=1S/C21H16N2O4/c1-26-18-8-4-15(5-9-18)21(25)16-12-20(24)23(13-16)17-6-2-14(3-7-17)19-10-11-27-22-19/h2-12H,13H2,1H3. The minimum atomic E-state index is -0.207. The van der Waals surface area contributed by atoms with Gasteiger partial charge in [-0.3, -0.25) is 9.59 Å². The van der Waals surface area contributed by atoms with Gasteiger partial charge in [0.05, 0.1) is 13.7 Å². The molecule has 0 atom stereocenters. The number of amides is 1. The molecule has 0 bridgehead atoms. The first-order chi connectivity index (χ1) is 13.2. The highest BCUT2D eigenvalue weighted by molar-refractivity contribution is 6.18. The smallest absolute Gasteiger partial charge is 0.251 e. The molecule has 1 amide bonds. The Morgan fingerprint density at radius 1 is 1.07 bits per heavy atom. The van der Waals surface area contributed by atoms with Crippen molar-refractivity contribution in [2.24, 2.45) is 0 Å². The van der Waals surface area contributed by atoms with Gasteiger partial charge >= 0.3 is 0 Å². The summed E-state index contributed by atoms with van der Waals surface area (Å²) in [6, 6.07) is 16.0. The summed E-state index contributed by atoms with van der Waals surface area (Å²) in [7, 11) is 1.57. The molecule has 6 nitrogen and oxygen atoms in total. The topological polar surface area (TPSA) is 72.6 Å². The van der Waals surface area contributed by atoms with E-state index >= 15 is 0 Å². The SMILES string of the molecule is COc1ccc(C(=O)C2=CC(=O)N(c3ccc(-c4ccon4)cc3)C2)cc1. The Kier molecular flexibility index (Phi) is 4.30. The number of aromatic nitrogens is 1. The average molecular weight is 360 g/mol. The van der Waals surface area contributed by atoms with Crippen LogP contribution in [0.4, 0.5) is 5.69 Å². The normalized spacial score (nSPS) is 13.6. The van der Waals surface area contributed by atoms with Gasteiger partial charge in [0.2, 0.25) is 0 Å². The maximum Gasteiger partial charge on any atom is 0.251 e. The molecule has 2 aromatic carbocycles. The number of ketones is 1. The van der Waals surface area contributed by atoms with Crippen molar-refractivity contribution in [1.29, 1.82) is 0 Å². The number of ether oxygens (including phenoxy) is 1. The van der Waals surface area contributed by atoms with Crippen LogP contribution in [0.15, 0.2) is 77.0 Å². The van der Waals surface area contributed by atoms with Crippen molar-refractivity contribution >= 4 is 17.4 Å².